The number of aromatic nitrogens is 3. The summed E-state index contributed by atoms with van der Waals surface area (Å²) in [5, 5.41) is 1.01. The monoisotopic (exact) mass is 441 g/mol. The number of benzene rings is 2. The third kappa shape index (κ3) is 2.99. The molecule has 0 saturated carbocycles. The maximum absolute atomic E-state index is 13.2. The average molecular weight is 442 g/mol. The average Bonchev–Trinajstić information content (AvgIpc) is 3.38. The van der Waals surface area contributed by atoms with Gasteiger partial charge in [-0.3, -0.25) is 4.79 Å². The van der Waals surface area contributed by atoms with E-state index in [0.717, 1.165) is 22.6 Å². The Hall–Kier alpha value is -2.82. The van der Waals surface area contributed by atoms with Crippen molar-refractivity contribution in [3.05, 3.63) is 54.2 Å². The number of para-hydroxylation sites is 1. The van der Waals surface area contributed by atoms with Crippen LogP contribution in [0.15, 0.2) is 53.4 Å². The summed E-state index contributed by atoms with van der Waals surface area (Å²) in [6.07, 6.45) is 0. The maximum Gasteiger partial charge on any atom is 0.270 e. The molecule has 0 unspecified atom stereocenters. The lowest BCUT2D eigenvalue weighted by Crippen LogP contribution is -2.50. The summed E-state index contributed by atoms with van der Waals surface area (Å²) in [4.78, 5) is 15.0. The summed E-state index contributed by atoms with van der Waals surface area (Å²) in [5.41, 5.74) is 2.57. The van der Waals surface area contributed by atoms with Crippen molar-refractivity contribution < 1.29 is 13.2 Å². The van der Waals surface area contributed by atoms with Gasteiger partial charge in [0.25, 0.3) is 5.91 Å². The van der Waals surface area contributed by atoms with Crippen LogP contribution in [-0.2, 0) is 17.1 Å². The van der Waals surface area contributed by atoms with Gasteiger partial charge in [-0.25, -0.2) is 8.42 Å². The summed E-state index contributed by atoms with van der Waals surface area (Å²) in [6, 6.07) is 14.7. The van der Waals surface area contributed by atoms with Crippen molar-refractivity contribution in [1.29, 1.82) is 0 Å². The van der Waals surface area contributed by atoms with Crippen molar-refractivity contribution in [2.75, 3.05) is 26.2 Å². The van der Waals surface area contributed by atoms with Gasteiger partial charge in [0.05, 0.1) is 11.7 Å². The first-order valence-electron chi connectivity index (χ1n) is 9.52. The van der Waals surface area contributed by atoms with Crippen LogP contribution >= 0.6 is 11.7 Å². The van der Waals surface area contributed by atoms with E-state index in [1.165, 1.54) is 4.31 Å². The first-order valence-corrected chi connectivity index (χ1v) is 11.7. The molecular weight excluding hydrogens is 422 g/mol. The summed E-state index contributed by atoms with van der Waals surface area (Å²) in [6.45, 7) is 1.16. The number of fused-ring (bicyclic) bond motifs is 2. The van der Waals surface area contributed by atoms with Crippen LogP contribution in [0.2, 0.25) is 0 Å². The van der Waals surface area contributed by atoms with Crippen LogP contribution in [0, 0.1) is 0 Å². The highest BCUT2D eigenvalue weighted by Gasteiger charge is 2.32. The Labute approximate surface area is 177 Å². The van der Waals surface area contributed by atoms with Crippen LogP contribution in [0.4, 0.5) is 0 Å². The largest absolute Gasteiger partial charge is 0.340 e. The molecule has 1 amide bonds. The molecule has 5 rings (SSSR count). The number of carbonyl (C=O) groups is 1. The van der Waals surface area contributed by atoms with Crippen LogP contribution < -0.4 is 0 Å². The molecule has 1 aliphatic rings. The van der Waals surface area contributed by atoms with Crippen molar-refractivity contribution in [2.45, 2.75) is 4.90 Å². The van der Waals surface area contributed by atoms with E-state index in [1.54, 1.807) is 23.1 Å². The van der Waals surface area contributed by atoms with Crippen LogP contribution in [0.25, 0.3) is 21.9 Å². The second-order valence-corrected chi connectivity index (χ2v) is 9.67. The number of piperazine rings is 1. The van der Waals surface area contributed by atoms with Gasteiger partial charge >= 0.3 is 0 Å². The van der Waals surface area contributed by atoms with Crippen LogP contribution in [0.3, 0.4) is 0 Å². The van der Waals surface area contributed by atoms with Gasteiger partial charge in [0.1, 0.15) is 21.6 Å². The van der Waals surface area contributed by atoms with E-state index in [-0.39, 0.29) is 23.9 Å². The molecule has 4 aromatic rings. The molecule has 3 heterocycles. The molecule has 2 aromatic carbocycles. The van der Waals surface area contributed by atoms with E-state index < -0.39 is 10.0 Å². The predicted octanol–water partition coefficient (Wildman–Crippen LogP) is 2.33. The third-order valence-corrected chi connectivity index (χ3v) is 8.04. The number of carbonyl (C=O) groups excluding carboxylic acids is 1. The highest BCUT2D eigenvalue weighted by molar-refractivity contribution is 7.89. The fraction of sp³-hybridized carbons (Fsp3) is 0.250. The van der Waals surface area contributed by atoms with Gasteiger partial charge in [0, 0.05) is 44.1 Å². The smallest absolute Gasteiger partial charge is 0.270 e. The minimum atomic E-state index is -3.71. The SMILES string of the molecule is Cn1c(C(=O)N2CCN(S(=O)(=O)c3cccc4nsnc34)CC2)cc2ccccc21. The Balaban J connectivity index is 1.36. The van der Waals surface area contributed by atoms with Gasteiger partial charge in [-0.05, 0) is 24.3 Å². The van der Waals surface area contributed by atoms with E-state index in [2.05, 4.69) is 8.75 Å². The number of sulfonamides is 1. The molecule has 1 aliphatic heterocycles. The minimum absolute atomic E-state index is 0.0865. The third-order valence-electron chi connectivity index (χ3n) is 5.56. The second kappa shape index (κ2) is 7.15. The minimum Gasteiger partial charge on any atom is -0.340 e. The van der Waals surface area contributed by atoms with Crippen LogP contribution in [0.5, 0.6) is 0 Å². The van der Waals surface area contributed by atoms with Crippen molar-refractivity contribution in [1.82, 2.24) is 22.5 Å². The highest BCUT2D eigenvalue weighted by Crippen LogP contribution is 2.26. The first kappa shape index (κ1) is 19.2. The van der Waals surface area contributed by atoms with Gasteiger partial charge < -0.3 is 9.47 Å². The van der Waals surface area contributed by atoms with Gasteiger partial charge in [-0.2, -0.15) is 13.1 Å². The zero-order valence-corrected chi connectivity index (χ0v) is 17.9. The number of nitrogens with zero attached hydrogens (tertiary/aromatic N) is 5. The van der Waals surface area contributed by atoms with Gasteiger partial charge in [-0.1, -0.05) is 24.3 Å². The Morgan fingerprint density at radius 1 is 1.00 bits per heavy atom. The molecule has 0 bridgehead atoms. The normalized spacial score (nSPS) is 15.8. The number of aryl methyl sites for hydroxylation is 1. The van der Waals surface area contributed by atoms with E-state index in [4.69, 9.17) is 0 Å². The summed E-state index contributed by atoms with van der Waals surface area (Å²) in [5.74, 6) is -0.0865. The van der Waals surface area contributed by atoms with Gasteiger partial charge in [-0.15, -0.1) is 0 Å². The zero-order valence-electron chi connectivity index (χ0n) is 16.2. The molecule has 0 N–H and O–H groups in total. The van der Waals surface area contributed by atoms with E-state index in [9.17, 15) is 13.2 Å². The topological polar surface area (TPSA) is 88.4 Å². The highest BCUT2D eigenvalue weighted by atomic mass is 32.2. The lowest BCUT2D eigenvalue weighted by molar-refractivity contribution is 0.0689. The number of hydrogen-bond acceptors (Lipinski definition) is 6. The Kier molecular flexibility index (Phi) is 4.57. The fourth-order valence-corrected chi connectivity index (χ4v) is 6.09. The maximum atomic E-state index is 13.2. The van der Waals surface area contributed by atoms with E-state index in [0.29, 0.717) is 29.8 Å². The number of amides is 1. The molecule has 0 atom stereocenters. The zero-order chi connectivity index (χ0) is 20.9. The van der Waals surface area contributed by atoms with E-state index in [1.807, 2.05) is 41.9 Å². The quantitative estimate of drug-likeness (QED) is 0.487. The molecule has 1 saturated heterocycles. The standard InChI is InChI=1S/C20H19N5O3S2/c1-23-16-7-3-2-5-14(16)13-17(23)20(26)24-9-11-25(12-10-24)30(27,28)18-8-4-6-15-19(18)22-29-21-15/h2-8,13H,9-12H2,1H3. The molecule has 154 valence electrons. The number of rotatable bonds is 3. The molecule has 1 fully saturated rings. The van der Waals surface area contributed by atoms with Crippen molar-refractivity contribution in [3.63, 3.8) is 0 Å². The fourth-order valence-electron chi connectivity index (χ4n) is 3.92. The van der Waals surface area contributed by atoms with Gasteiger partial charge in [0.15, 0.2) is 0 Å². The molecular formula is C20H19N5O3S2. The second-order valence-electron chi connectivity index (χ2n) is 7.23. The number of hydrogen-bond donors (Lipinski definition) is 0. The summed E-state index contributed by atoms with van der Waals surface area (Å²) < 4.78 is 37.9. The predicted molar refractivity (Wildman–Crippen MR) is 115 cm³/mol. The molecule has 2 aromatic heterocycles. The van der Waals surface area contributed by atoms with Crippen LogP contribution in [-0.4, -0.2) is 63.0 Å². The van der Waals surface area contributed by atoms with Crippen molar-refractivity contribution in [2.24, 2.45) is 7.05 Å². The van der Waals surface area contributed by atoms with Gasteiger partial charge in [0.2, 0.25) is 10.0 Å². The first-order chi connectivity index (χ1) is 14.5. The Morgan fingerprint density at radius 3 is 2.53 bits per heavy atom. The Morgan fingerprint density at radius 2 is 1.77 bits per heavy atom. The lowest BCUT2D eigenvalue weighted by atomic mass is 10.2. The Bertz CT molecular complexity index is 1370. The molecule has 0 aliphatic carbocycles. The molecule has 30 heavy (non-hydrogen) atoms. The van der Waals surface area contributed by atoms with Crippen LogP contribution in [0.1, 0.15) is 10.5 Å². The molecule has 8 nitrogen and oxygen atoms in total. The molecule has 0 radical (unpaired) electrons. The summed E-state index contributed by atoms with van der Waals surface area (Å²) in [7, 11) is -1.83. The van der Waals surface area contributed by atoms with Crippen molar-refractivity contribution >= 4 is 49.6 Å². The molecule has 0 spiro atoms. The summed E-state index contributed by atoms with van der Waals surface area (Å²) >= 11 is 0.997. The van der Waals surface area contributed by atoms with Crippen molar-refractivity contribution in [3.8, 4) is 0 Å². The van der Waals surface area contributed by atoms with E-state index >= 15 is 0 Å². The molecule has 10 heteroatoms. The lowest BCUT2D eigenvalue weighted by Gasteiger charge is -2.34.